The van der Waals surface area contributed by atoms with Gasteiger partial charge in [-0.25, -0.2) is 4.79 Å². The molecule has 0 saturated carbocycles. The van der Waals surface area contributed by atoms with Crippen LogP contribution in [0.15, 0.2) is 91.0 Å². The number of aromatic amines is 1. The smallest absolute Gasteiger partial charge is 0.407 e. The maximum Gasteiger partial charge on any atom is 0.407 e. The topological polar surface area (TPSA) is 94.6 Å². The molecule has 6 rings (SSSR count). The molecule has 5 aromatic rings. The minimum atomic E-state index is -1.19. The summed E-state index contributed by atoms with van der Waals surface area (Å²) >= 11 is 0. The van der Waals surface area contributed by atoms with Crippen molar-refractivity contribution in [2.75, 3.05) is 13.2 Å². The van der Waals surface area contributed by atoms with E-state index in [4.69, 9.17) is 4.74 Å². The maximum atomic E-state index is 12.4. The molecule has 1 amide bonds. The first-order chi connectivity index (χ1) is 17.6. The Morgan fingerprint density at radius 3 is 2.22 bits per heavy atom. The summed E-state index contributed by atoms with van der Waals surface area (Å²) in [5.74, 6) is -0.0401. The van der Waals surface area contributed by atoms with Crippen LogP contribution in [0, 0.1) is 0 Å². The zero-order valence-electron chi connectivity index (χ0n) is 19.5. The minimum Gasteiger partial charge on any atom is -0.449 e. The molecule has 4 aromatic carbocycles. The Kier molecular flexibility index (Phi) is 5.68. The van der Waals surface area contributed by atoms with Crippen molar-refractivity contribution in [1.29, 1.82) is 0 Å². The molecule has 36 heavy (non-hydrogen) atoms. The van der Waals surface area contributed by atoms with Gasteiger partial charge >= 0.3 is 6.09 Å². The molecule has 6 heteroatoms. The molecule has 6 nitrogen and oxygen atoms in total. The fourth-order valence-electron chi connectivity index (χ4n) is 5.23. The second-order valence-corrected chi connectivity index (χ2v) is 9.19. The van der Waals surface area contributed by atoms with E-state index in [0.717, 1.165) is 44.1 Å². The lowest BCUT2D eigenvalue weighted by Crippen LogP contribution is -2.36. The van der Waals surface area contributed by atoms with Gasteiger partial charge in [-0.2, -0.15) is 0 Å². The lowest BCUT2D eigenvalue weighted by molar-refractivity contribution is 0.0186. The first-order valence-electron chi connectivity index (χ1n) is 12.1. The molecule has 1 aliphatic rings. The molecule has 0 aliphatic heterocycles. The molecule has 0 fully saturated rings. The number of aliphatic hydroxyl groups excluding tert-OH is 2. The van der Waals surface area contributed by atoms with Crippen LogP contribution in [0.25, 0.3) is 32.9 Å². The van der Waals surface area contributed by atoms with E-state index >= 15 is 0 Å². The molecule has 180 valence electrons. The number of alkyl carbamates (subject to hydrolysis) is 1. The number of fused-ring (bicyclic) bond motifs is 6. The number of hydrogen-bond donors (Lipinski definition) is 4. The normalized spacial score (nSPS) is 14.4. The molecule has 0 radical (unpaired) electrons. The number of benzene rings is 4. The lowest BCUT2D eigenvalue weighted by Gasteiger charge is -2.19. The van der Waals surface area contributed by atoms with Crippen molar-refractivity contribution in [1.82, 2.24) is 10.3 Å². The van der Waals surface area contributed by atoms with Gasteiger partial charge in [-0.1, -0.05) is 78.9 Å². The number of aliphatic hydroxyl groups is 2. The average Bonchev–Trinajstić information content (AvgIpc) is 3.45. The van der Waals surface area contributed by atoms with Crippen LogP contribution in [0.2, 0.25) is 0 Å². The first kappa shape index (κ1) is 22.3. The number of amides is 1. The summed E-state index contributed by atoms with van der Waals surface area (Å²) in [6.45, 7) is 0.0537. The quantitative estimate of drug-likeness (QED) is 0.268. The summed E-state index contributed by atoms with van der Waals surface area (Å²) in [4.78, 5) is 15.8. The molecule has 0 spiro atoms. The summed E-state index contributed by atoms with van der Waals surface area (Å²) in [5.41, 5.74) is 7.04. The molecule has 2 unspecified atom stereocenters. The molecular weight excluding hydrogens is 452 g/mol. The third kappa shape index (κ3) is 3.90. The van der Waals surface area contributed by atoms with Gasteiger partial charge in [0.1, 0.15) is 18.8 Å². The van der Waals surface area contributed by atoms with Crippen LogP contribution in [0.4, 0.5) is 4.79 Å². The molecule has 2 atom stereocenters. The predicted molar refractivity (Wildman–Crippen MR) is 140 cm³/mol. The third-order valence-electron chi connectivity index (χ3n) is 7.04. The number of hydrogen-bond acceptors (Lipinski definition) is 4. The monoisotopic (exact) mass is 478 g/mol. The van der Waals surface area contributed by atoms with Gasteiger partial charge in [-0.15, -0.1) is 0 Å². The number of carbonyl (C=O) groups excluding carboxylic acids is 1. The van der Waals surface area contributed by atoms with Crippen molar-refractivity contribution >= 4 is 27.9 Å². The number of nitrogens with one attached hydrogen (secondary N) is 2. The van der Waals surface area contributed by atoms with Crippen LogP contribution in [-0.4, -0.2) is 40.5 Å². The maximum absolute atomic E-state index is 12.4. The van der Waals surface area contributed by atoms with Gasteiger partial charge in [0.25, 0.3) is 0 Å². The Labute approximate surface area is 208 Å². The Hall–Kier alpha value is -4.13. The summed E-state index contributed by atoms with van der Waals surface area (Å²) in [7, 11) is 0. The number of H-pyrrole nitrogens is 1. The number of rotatable bonds is 6. The van der Waals surface area contributed by atoms with E-state index in [9.17, 15) is 15.0 Å². The zero-order chi connectivity index (χ0) is 24.6. The van der Waals surface area contributed by atoms with Gasteiger partial charge in [-0.3, -0.25) is 0 Å². The minimum absolute atomic E-state index is 0.0401. The predicted octanol–water partition coefficient (Wildman–Crippen LogP) is 5.25. The lowest BCUT2D eigenvalue weighted by atomic mass is 9.98. The summed E-state index contributed by atoms with van der Waals surface area (Å²) < 4.78 is 5.52. The van der Waals surface area contributed by atoms with Gasteiger partial charge < -0.3 is 25.3 Å². The summed E-state index contributed by atoms with van der Waals surface area (Å²) in [6.07, 6.45) is -2.98. The van der Waals surface area contributed by atoms with Crippen molar-refractivity contribution in [3.63, 3.8) is 0 Å². The Bertz CT molecular complexity index is 1530. The second-order valence-electron chi connectivity index (χ2n) is 9.19. The highest BCUT2D eigenvalue weighted by molar-refractivity contribution is 6.07. The van der Waals surface area contributed by atoms with Crippen LogP contribution in [-0.2, 0) is 4.74 Å². The SMILES string of the molecule is O=C(NCC(O)C(O)c1ccc2c(c1)[nH]c1ccccc12)OCC1c2ccccc2-c2ccccc21. The van der Waals surface area contributed by atoms with Crippen molar-refractivity contribution in [2.45, 2.75) is 18.1 Å². The average molecular weight is 479 g/mol. The number of aromatic nitrogens is 1. The summed E-state index contributed by atoms with van der Waals surface area (Å²) in [6, 6.07) is 29.8. The van der Waals surface area contributed by atoms with Crippen molar-refractivity contribution in [2.24, 2.45) is 0 Å². The van der Waals surface area contributed by atoms with E-state index in [-0.39, 0.29) is 19.1 Å². The first-order valence-corrected chi connectivity index (χ1v) is 12.1. The van der Waals surface area contributed by atoms with Gasteiger partial charge in [-0.05, 0) is 39.9 Å². The molecule has 1 heterocycles. The van der Waals surface area contributed by atoms with Gasteiger partial charge in [0.05, 0.1) is 0 Å². The highest BCUT2D eigenvalue weighted by Crippen LogP contribution is 2.44. The molecule has 4 N–H and O–H groups in total. The van der Waals surface area contributed by atoms with Crippen LogP contribution in [0.3, 0.4) is 0 Å². The van der Waals surface area contributed by atoms with Crippen LogP contribution >= 0.6 is 0 Å². The Morgan fingerprint density at radius 2 is 1.47 bits per heavy atom. The van der Waals surface area contributed by atoms with E-state index in [0.29, 0.717) is 5.56 Å². The van der Waals surface area contributed by atoms with E-state index in [1.165, 1.54) is 0 Å². The van der Waals surface area contributed by atoms with Crippen LogP contribution in [0.1, 0.15) is 28.7 Å². The van der Waals surface area contributed by atoms with Crippen molar-refractivity contribution in [3.05, 3.63) is 108 Å². The van der Waals surface area contributed by atoms with Gasteiger partial charge in [0.2, 0.25) is 0 Å². The van der Waals surface area contributed by atoms with Crippen LogP contribution in [0.5, 0.6) is 0 Å². The molecule has 1 aliphatic carbocycles. The van der Waals surface area contributed by atoms with Crippen LogP contribution < -0.4 is 5.32 Å². The molecule has 0 bridgehead atoms. The van der Waals surface area contributed by atoms with Crippen molar-refractivity contribution in [3.8, 4) is 11.1 Å². The fraction of sp³-hybridized carbons (Fsp3) is 0.167. The Balaban J connectivity index is 1.08. The highest BCUT2D eigenvalue weighted by Gasteiger charge is 2.29. The third-order valence-corrected chi connectivity index (χ3v) is 7.04. The van der Waals surface area contributed by atoms with E-state index < -0.39 is 18.3 Å². The van der Waals surface area contributed by atoms with E-state index in [1.54, 1.807) is 6.07 Å². The standard InChI is InChI=1S/C30H26N2O4/c33-28(29(34)18-13-14-24-23-11-5-6-12-26(23)32-27(24)15-18)16-31-30(35)36-17-25-21-9-3-1-7-19(21)20-8-2-4-10-22(20)25/h1-15,25,28-29,32-34H,16-17H2,(H,31,35). The summed E-state index contributed by atoms with van der Waals surface area (Å²) in [5, 5.41) is 26.0. The number of ether oxygens (including phenoxy) is 1. The van der Waals surface area contributed by atoms with Gasteiger partial charge in [0, 0.05) is 34.3 Å². The Morgan fingerprint density at radius 1 is 0.833 bits per heavy atom. The van der Waals surface area contributed by atoms with E-state index in [1.807, 2.05) is 60.7 Å². The molecular formula is C30H26N2O4. The highest BCUT2D eigenvalue weighted by atomic mass is 16.5. The number of carbonyl (C=O) groups is 1. The van der Waals surface area contributed by atoms with Crippen molar-refractivity contribution < 1.29 is 19.7 Å². The molecule has 0 saturated heterocycles. The number of para-hydroxylation sites is 1. The fourth-order valence-corrected chi connectivity index (χ4v) is 5.23. The van der Waals surface area contributed by atoms with E-state index in [2.05, 4.69) is 34.6 Å². The molecule has 1 aromatic heterocycles. The second kappa shape index (κ2) is 9.15. The largest absolute Gasteiger partial charge is 0.449 e. The zero-order valence-corrected chi connectivity index (χ0v) is 19.5. The van der Waals surface area contributed by atoms with Gasteiger partial charge in [0.15, 0.2) is 0 Å².